The molecule has 0 spiro atoms. The Bertz CT molecular complexity index is 2510. The third-order valence-corrected chi connectivity index (χ3v) is 8.74. The van der Waals surface area contributed by atoms with E-state index in [9.17, 15) is 0 Å². The molecule has 0 bridgehead atoms. The summed E-state index contributed by atoms with van der Waals surface area (Å²) in [6.07, 6.45) is 0. The summed E-state index contributed by atoms with van der Waals surface area (Å²) >= 11 is 0. The van der Waals surface area contributed by atoms with Crippen molar-refractivity contribution in [3.05, 3.63) is 164 Å². The van der Waals surface area contributed by atoms with Gasteiger partial charge in [0.2, 0.25) is 0 Å². The van der Waals surface area contributed by atoms with Crippen molar-refractivity contribution in [2.24, 2.45) is 0 Å². The van der Waals surface area contributed by atoms with Gasteiger partial charge in [0.25, 0.3) is 0 Å². The minimum atomic E-state index is 0.601. The number of rotatable bonds is 5. The molecule has 0 atom stereocenters. The number of benzene rings is 7. The van der Waals surface area contributed by atoms with Crippen molar-refractivity contribution < 1.29 is 4.42 Å². The van der Waals surface area contributed by atoms with E-state index in [2.05, 4.69) is 91.0 Å². The Morgan fingerprint density at radius 1 is 0.362 bits per heavy atom. The standard InChI is InChI=1S/C43H27N3O/c1-3-14-29(15-4-1)41-44-42(30-16-5-2-6-17-30)46-43(45-41)37-26-25-35(40-39(37)36-21-11-12-22-38(36)47-40)34-20-10-9-19-33(34)32-24-23-28-13-7-8-18-31(28)27-32/h1-27H. The zero-order valence-electron chi connectivity index (χ0n) is 25.3. The summed E-state index contributed by atoms with van der Waals surface area (Å²) in [7, 11) is 0. The van der Waals surface area contributed by atoms with Crippen molar-refractivity contribution in [2.75, 3.05) is 0 Å². The van der Waals surface area contributed by atoms with Gasteiger partial charge in [-0.25, -0.2) is 15.0 Å². The van der Waals surface area contributed by atoms with E-state index >= 15 is 0 Å². The number of aromatic nitrogens is 3. The quantitative estimate of drug-likeness (QED) is 0.197. The van der Waals surface area contributed by atoms with Gasteiger partial charge in [-0.05, 0) is 51.7 Å². The number of nitrogens with zero attached hydrogens (tertiary/aromatic N) is 3. The highest BCUT2D eigenvalue weighted by Crippen LogP contribution is 2.44. The second-order valence-corrected chi connectivity index (χ2v) is 11.6. The van der Waals surface area contributed by atoms with Gasteiger partial charge in [-0.1, -0.05) is 140 Å². The van der Waals surface area contributed by atoms with Crippen LogP contribution in [-0.4, -0.2) is 15.0 Å². The second-order valence-electron chi connectivity index (χ2n) is 11.6. The summed E-state index contributed by atoms with van der Waals surface area (Å²) < 4.78 is 6.72. The molecule has 0 saturated heterocycles. The molecule has 220 valence electrons. The molecule has 47 heavy (non-hydrogen) atoms. The first-order valence-corrected chi connectivity index (χ1v) is 15.7. The van der Waals surface area contributed by atoms with Crippen molar-refractivity contribution in [1.82, 2.24) is 15.0 Å². The molecule has 0 aliphatic rings. The molecule has 2 aromatic heterocycles. The summed E-state index contributed by atoms with van der Waals surface area (Å²) in [6, 6.07) is 56.3. The zero-order chi connectivity index (χ0) is 31.2. The highest BCUT2D eigenvalue weighted by molar-refractivity contribution is 6.16. The van der Waals surface area contributed by atoms with Crippen LogP contribution in [0.25, 0.3) is 89.1 Å². The molecule has 0 radical (unpaired) electrons. The Labute approximate surface area is 271 Å². The lowest BCUT2D eigenvalue weighted by Gasteiger charge is -2.13. The minimum Gasteiger partial charge on any atom is -0.455 e. The SMILES string of the molecule is c1ccc(-c2nc(-c3ccccc3)nc(-c3ccc(-c4ccccc4-c4ccc5ccccc5c4)c4oc5ccccc5c34)n2)cc1. The number of hydrogen-bond donors (Lipinski definition) is 0. The van der Waals surface area contributed by atoms with Crippen molar-refractivity contribution in [3.8, 4) is 56.4 Å². The predicted molar refractivity (Wildman–Crippen MR) is 192 cm³/mol. The highest BCUT2D eigenvalue weighted by Gasteiger charge is 2.21. The lowest BCUT2D eigenvalue weighted by Crippen LogP contribution is -2.00. The maximum Gasteiger partial charge on any atom is 0.164 e. The van der Waals surface area contributed by atoms with E-state index in [1.54, 1.807) is 0 Å². The van der Waals surface area contributed by atoms with Crippen molar-refractivity contribution in [3.63, 3.8) is 0 Å². The van der Waals surface area contributed by atoms with Gasteiger partial charge in [-0.2, -0.15) is 0 Å². The topological polar surface area (TPSA) is 51.8 Å². The third kappa shape index (κ3) is 4.75. The van der Waals surface area contributed by atoms with Crippen LogP contribution >= 0.6 is 0 Å². The lowest BCUT2D eigenvalue weighted by molar-refractivity contribution is 0.670. The number of hydrogen-bond acceptors (Lipinski definition) is 4. The molecular formula is C43H27N3O. The van der Waals surface area contributed by atoms with Crippen LogP contribution in [0.4, 0.5) is 0 Å². The monoisotopic (exact) mass is 601 g/mol. The molecule has 9 aromatic rings. The first-order chi connectivity index (χ1) is 23.3. The van der Waals surface area contributed by atoms with Gasteiger partial charge < -0.3 is 4.42 Å². The summed E-state index contributed by atoms with van der Waals surface area (Å²) in [6.45, 7) is 0. The fourth-order valence-electron chi connectivity index (χ4n) is 6.48. The van der Waals surface area contributed by atoms with Gasteiger partial charge in [0, 0.05) is 33.0 Å². The molecule has 0 saturated carbocycles. The minimum absolute atomic E-state index is 0.601. The van der Waals surface area contributed by atoms with Gasteiger partial charge >= 0.3 is 0 Å². The lowest BCUT2D eigenvalue weighted by atomic mass is 9.91. The Balaban J connectivity index is 1.30. The van der Waals surface area contributed by atoms with Crippen LogP contribution < -0.4 is 0 Å². The van der Waals surface area contributed by atoms with E-state index in [-0.39, 0.29) is 0 Å². The largest absolute Gasteiger partial charge is 0.455 e. The first-order valence-electron chi connectivity index (χ1n) is 15.7. The number of fused-ring (bicyclic) bond motifs is 4. The summed E-state index contributed by atoms with van der Waals surface area (Å²) in [5.74, 6) is 1.85. The van der Waals surface area contributed by atoms with E-state index < -0.39 is 0 Å². The molecule has 4 heteroatoms. The fraction of sp³-hybridized carbons (Fsp3) is 0. The van der Waals surface area contributed by atoms with Crippen molar-refractivity contribution in [1.29, 1.82) is 0 Å². The summed E-state index contributed by atoms with van der Waals surface area (Å²) in [5.41, 5.74) is 8.81. The van der Waals surface area contributed by atoms with Crippen molar-refractivity contribution in [2.45, 2.75) is 0 Å². The molecule has 2 heterocycles. The molecule has 0 aliphatic carbocycles. The van der Waals surface area contributed by atoms with E-state index in [1.165, 1.54) is 10.8 Å². The van der Waals surface area contributed by atoms with Gasteiger partial charge in [0.05, 0.1) is 0 Å². The van der Waals surface area contributed by atoms with Crippen LogP contribution in [0.3, 0.4) is 0 Å². The first kappa shape index (κ1) is 27.0. The molecule has 0 aliphatic heterocycles. The average molecular weight is 602 g/mol. The Hall–Kier alpha value is -6.39. The maximum absolute atomic E-state index is 6.72. The van der Waals surface area contributed by atoms with Gasteiger partial charge in [-0.3, -0.25) is 0 Å². The molecule has 0 amide bonds. The van der Waals surface area contributed by atoms with Crippen LogP contribution in [0, 0.1) is 0 Å². The average Bonchev–Trinajstić information content (AvgIpc) is 3.55. The molecular weight excluding hydrogens is 574 g/mol. The number of para-hydroxylation sites is 1. The highest BCUT2D eigenvalue weighted by atomic mass is 16.3. The van der Waals surface area contributed by atoms with Gasteiger partial charge in [0.15, 0.2) is 17.5 Å². The maximum atomic E-state index is 6.72. The Morgan fingerprint density at radius 2 is 0.936 bits per heavy atom. The number of furan rings is 1. The fourth-order valence-corrected chi connectivity index (χ4v) is 6.48. The van der Waals surface area contributed by atoms with E-state index in [1.807, 2.05) is 72.8 Å². The summed E-state index contributed by atoms with van der Waals surface area (Å²) in [4.78, 5) is 15.1. The van der Waals surface area contributed by atoms with Gasteiger partial charge in [-0.15, -0.1) is 0 Å². The molecule has 0 N–H and O–H groups in total. The van der Waals surface area contributed by atoms with Gasteiger partial charge in [0.1, 0.15) is 11.2 Å². The second kappa shape index (κ2) is 11.2. The van der Waals surface area contributed by atoms with Crippen LogP contribution in [0.5, 0.6) is 0 Å². The predicted octanol–water partition coefficient (Wildman–Crippen LogP) is 11.3. The zero-order valence-corrected chi connectivity index (χ0v) is 25.3. The molecule has 4 nitrogen and oxygen atoms in total. The smallest absolute Gasteiger partial charge is 0.164 e. The Morgan fingerprint density at radius 3 is 1.68 bits per heavy atom. The van der Waals surface area contributed by atoms with Crippen molar-refractivity contribution >= 4 is 32.7 Å². The third-order valence-electron chi connectivity index (χ3n) is 8.74. The Kier molecular flexibility index (Phi) is 6.43. The normalized spacial score (nSPS) is 11.4. The van der Waals surface area contributed by atoms with Crippen LogP contribution in [0.1, 0.15) is 0 Å². The molecule has 7 aromatic carbocycles. The van der Waals surface area contributed by atoms with Crippen LogP contribution in [0.2, 0.25) is 0 Å². The summed E-state index contributed by atoms with van der Waals surface area (Å²) in [5, 5.41) is 4.43. The van der Waals surface area contributed by atoms with E-state index in [4.69, 9.17) is 19.4 Å². The van der Waals surface area contributed by atoms with Crippen LogP contribution in [-0.2, 0) is 0 Å². The van der Waals surface area contributed by atoms with E-state index in [0.717, 1.165) is 60.9 Å². The van der Waals surface area contributed by atoms with E-state index in [0.29, 0.717) is 17.5 Å². The molecule has 0 unspecified atom stereocenters. The molecule has 0 fully saturated rings. The molecule has 9 rings (SSSR count). The van der Waals surface area contributed by atoms with Crippen LogP contribution in [0.15, 0.2) is 168 Å².